The average Bonchev–Trinajstić information content (AvgIpc) is 3.57. The summed E-state index contributed by atoms with van der Waals surface area (Å²) in [5.41, 5.74) is 4.87. The molecule has 1 aliphatic rings. The number of hydrogen-bond acceptors (Lipinski definition) is 8. The first-order valence-electron chi connectivity index (χ1n) is 11.5. The maximum absolute atomic E-state index is 13.5. The highest BCUT2D eigenvalue weighted by atomic mass is 32.2. The number of aromatic nitrogens is 2. The van der Waals surface area contributed by atoms with E-state index in [0.29, 0.717) is 17.3 Å². The fourth-order valence-corrected chi connectivity index (χ4v) is 5.55. The summed E-state index contributed by atoms with van der Waals surface area (Å²) in [4.78, 5) is 33.5. The number of hydrogen-bond donors (Lipinski definition) is 2. The standard InChI is InChI=1S/C25H30N4O4S2/c1-14(2)22(20-10-21(34-4)28-33-20)25(32)29-12-18(30)9-19(29)24(31)26-11-16-5-7-17(8-6-16)23-15(3)27-13-35-23/h5-8,10,13-14,18-19,22,30H,9,11-12H2,1-4H3,(H,26,31)/t18-,19+,22+/m1/s1. The van der Waals surface area contributed by atoms with Crippen LogP contribution in [0.25, 0.3) is 10.4 Å². The maximum Gasteiger partial charge on any atom is 0.243 e. The Morgan fingerprint density at radius 1 is 1.31 bits per heavy atom. The van der Waals surface area contributed by atoms with Crippen LogP contribution in [0.3, 0.4) is 0 Å². The number of benzene rings is 1. The number of carbonyl (C=O) groups is 2. The van der Waals surface area contributed by atoms with Crippen molar-refractivity contribution in [3.8, 4) is 10.4 Å². The first-order chi connectivity index (χ1) is 16.8. The lowest BCUT2D eigenvalue weighted by Crippen LogP contribution is -2.48. The molecule has 0 aliphatic carbocycles. The van der Waals surface area contributed by atoms with E-state index in [-0.39, 0.29) is 30.7 Å². The van der Waals surface area contributed by atoms with Crippen LogP contribution in [0.15, 0.2) is 45.4 Å². The molecule has 0 unspecified atom stereocenters. The molecule has 1 aromatic carbocycles. The predicted molar refractivity (Wildman–Crippen MR) is 136 cm³/mol. The molecule has 2 amide bonds. The molecule has 0 saturated carbocycles. The summed E-state index contributed by atoms with van der Waals surface area (Å²) in [7, 11) is 0. The summed E-state index contributed by atoms with van der Waals surface area (Å²) in [5.74, 6) is -0.669. The van der Waals surface area contributed by atoms with E-state index < -0.39 is 18.1 Å². The van der Waals surface area contributed by atoms with Gasteiger partial charge in [-0.2, -0.15) is 0 Å². The zero-order chi connectivity index (χ0) is 25.1. The molecular formula is C25H30N4O4S2. The fourth-order valence-electron chi connectivity index (χ4n) is 4.39. The number of nitrogens with zero attached hydrogens (tertiary/aromatic N) is 3. The van der Waals surface area contributed by atoms with E-state index in [9.17, 15) is 14.7 Å². The van der Waals surface area contributed by atoms with E-state index in [1.54, 1.807) is 17.4 Å². The SMILES string of the molecule is CSc1cc([C@@H](C(=O)N2C[C@H](O)C[C@H]2C(=O)NCc2ccc(-c3scnc3C)cc2)C(C)C)on1. The molecule has 4 rings (SSSR count). The van der Waals surface area contributed by atoms with E-state index in [4.69, 9.17) is 4.52 Å². The summed E-state index contributed by atoms with van der Waals surface area (Å²) >= 11 is 3.04. The minimum Gasteiger partial charge on any atom is -0.391 e. The molecule has 35 heavy (non-hydrogen) atoms. The molecule has 10 heteroatoms. The van der Waals surface area contributed by atoms with Gasteiger partial charge < -0.3 is 19.8 Å². The number of thioether (sulfide) groups is 1. The van der Waals surface area contributed by atoms with Crippen molar-refractivity contribution in [3.05, 3.63) is 52.9 Å². The van der Waals surface area contributed by atoms with Crippen molar-refractivity contribution in [2.75, 3.05) is 12.8 Å². The number of carbonyl (C=O) groups excluding carboxylic acids is 2. The van der Waals surface area contributed by atoms with Crippen LogP contribution in [0.5, 0.6) is 0 Å². The van der Waals surface area contributed by atoms with Gasteiger partial charge in [0, 0.05) is 25.6 Å². The second kappa shape index (κ2) is 10.9. The normalized spacial score (nSPS) is 18.7. The van der Waals surface area contributed by atoms with Gasteiger partial charge in [-0.1, -0.05) is 43.3 Å². The third kappa shape index (κ3) is 5.60. The third-order valence-electron chi connectivity index (χ3n) is 6.25. The second-order valence-corrected chi connectivity index (χ2v) is 10.8. The highest BCUT2D eigenvalue weighted by Gasteiger charge is 2.43. The number of rotatable bonds is 8. The fraction of sp³-hybridized carbons (Fsp3) is 0.440. The van der Waals surface area contributed by atoms with Crippen LogP contribution in [0.4, 0.5) is 0 Å². The van der Waals surface area contributed by atoms with Crippen LogP contribution < -0.4 is 5.32 Å². The molecule has 3 atom stereocenters. The minimum absolute atomic E-state index is 0.0627. The molecular weight excluding hydrogens is 484 g/mol. The molecule has 3 aromatic rings. The molecule has 2 N–H and O–H groups in total. The van der Waals surface area contributed by atoms with Gasteiger partial charge in [0.25, 0.3) is 0 Å². The first-order valence-corrected chi connectivity index (χ1v) is 13.6. The van der Waals surface area contributed by atoms with Gasteiger partial charge in [-0.25, -0.2) is 4.98 Å². The molecule has 1 saturated heterocycles. The number of β-amino-alcohol motifs (C(OH)–C–C–N with tert-alkyl or cyclic N) is 1. The summed E-state index contributed by atoms with van der Waals surface area (Å²) in [6.07, 6.45) is 1.35. The average molecular weight is 515 g/mol. The molecule has 2 aromatic heterocycles. The number of amides is 2. The van der Waals surface area contributed by atoms with Crippen LogP contribution in [0.2, 0.25) is 0 Å². The Bertz CT molecular complexity index is 1170. The highest BCUT2D eigenvalue weighted by molar-refractivity contribution is 7.98. The van der Waals surface area contributed by atoms with Crippen LogP contribution in [0, 0.1) is 12.8 Å². The van der Waals surface area contributed by atoms with Gasteiger partial charge in [0.15, 0.2) is 5.76 Å². The number of aliphatic hydroxyl groups is 1. The van der Waals surface area contributed by atoms with Crippen LogP contribution in [0.1, 0.15) is 43.2 Å². The van der Waals surface area contributed by atoms with Crippen LogP contribution in [-0.4, -0.2) is 56.9 Å². The Hall–Kier alpha value is -2.69. The zero-order valence-corrected chi connectivity index (χ0v) is 21.9. The molecule has 0 radical (unpaired) electrons. The first kappa shape index (κ1) is 25.4. The second-order valence-electron chi connectivity index (χ2n) is 9.07. The molecule has 8 nitrogen and oxygen atoms in total. The van der Waals surface area contributed by atoms with Crippen LogP contribution in [-0.2, 0) is 16.1 Å². The number of nitrogens with one attached hydrogen (secondary N) is 1. The number of thiazole rings is 1. The van der Waals surface area contributed by atoms with E-state index in [1.807, 2.05) is 56.8 Å². The summed E-state index contributed by atoms with van der Waals surface area (Å²) in [6, 6.07) is 9.02. The lowest BCUT2D eigenvalue weighted by Gasteiger charge is -2.28. The number of aryl methyl sites for hydroxylation is 1. The Balaban J connectivity index is 1.43. The van der Waals surface area contributed by atoms with E-state index in [1.165, 1.54) is 16.7 Å². The smallest absolute Gasteiger partial charge is 0.243 e. The minimum atomic E-state index is -0.749. The van der Waals surface area contributed by atoms with E-state index in [0.717, 1.165) is 21.7 Å². The van der Waals surface area contributed by atoms with Gasteiger partial charge in [0.1, 0.15) is 17.0 Å². The summed E-state index contributed by atoms with van der Waals surface area (Å²) in [5, 5.41) is 17.9. The van der Waals surface area contributed by atoms with E-state index >= 15 is 0 Å². The zero-order valence-electron chi connectivity index (χ0n) is 20.2. The molecule has 1 aliphatic heterocycles. The van der Waals surface area contributed by atoms with Crippen molar-refractivity contribution in [2.24, 2.45) is 5.92 Å². The van der Waals surface area contributed by atoms with Gasteiger partial charge in [0.2, 0.25) is 11.8 Å². The topological polar surface area (TPSA) is 109 Å². The van der Waals surface area contributed by atoms with Crippen molar-refractivity contribution in [1.82, 2.24) is 20.4 Å². The molecule has 1 fully saturated rings. The lowest BCUT2D eigenvalue weighted by atomic mass is 9.91. The number of aliphatic hydroxyl groups excluding tert-OH is 1. The Kier molecular flexibility index (Phi) is 7.93. The predicted octanol–water partition coefficient (Wildman–Crippen LogP) is 3.85. The van der Waals surface area contributed by atoms with Gasteiger partial charge in [-0.15, -0.1) is 23.1 Å². The van der Waals surface area contributed by atoms with Crippen molar-refractivity contribution in [2.45, 2.75) is 56.8 Å². The Morgan fingerprint density at radius 2 is 2.06 bits per heavy atom. The molecule has 0 spiro atoms. The van der Waals surface area contributed by atoms with Crippen molar-refractivity contribution in [1.29, 1.82) is 0 Å². The van der Waals surface area contributed by atoms with Crippen molar-refractivity contribution >= 4 is 34.9 Å². The summed E-state index contributed by atoms with van der Waals surface area (Å²) < 4.78 is 5.45. The van der Waals surface area contributed by atoms with Gasteiger partial charge in [-0.05, 0) is 30.2 Å². The van der Waals surface area contributed by atoms with Crippen molar-refractivity contribution < 1.29 is 19.2 Å². The van der Waals surface area contributed by atoms with Gasteiger partial charge in [0.05, 0.1) is 22.2 Å². The van der Waals surface area contributed by atoms with E-state index in [2.05, 4.69) is 15.5 Å². The van der Waals surface area contributed by atoms with Gasteiger partial charge >= 0.3 is 0 Å². The largest absolute Gasteiger partial charge is 0.391 e. The Morgan fingerprint density at radius 3 is 2.66 bits per heavy atom. The third-order valence-corrected chi connectivity index (χ3v) is 7.84. The molecule has 3 heterocycles. The highest BCUT2D eigenvalue weighted by Crippen LogP contribution is 2.32. The quantitative estimate of drug-likeness (QED) is 0.440. The van der Waals surface area contributed by atoms with Crippen LogP contribution >= 0.6 is 23.1 Å². The summed E-state index contributed by atoms with van der Waals surface area (Å²) in [6.45, 7) is 6.30. The van der Waals surface area contributed by atoms with Crippen molar-refractivity contribution in [3.63, 3.8) is 0 Å². The molecule has 186 valence electrons. The number of likely N-dealkylation sites (tertiary alicyclic amines) is 1. The Labute approximate surface area is 213 Å². The lowest BCUT2D eigenvalue weighted by molar-refractivity contribution is -0.141. The maximum atomic E-state index is 13.5. The van der Waals surface area contributed by atoms with Gasteiger partial charge in [-0.3, -0.25) is 9.59 Å². The monoisotopic (exact) mass is 514 g/mol. The molecule has 0 bridgehead atoms.